The largest absolute Gasteiger partial charge is 0.355 e. The highest BCUT2D eigenvalue weighted by Crippen LogP contribution is 2.35. The van der Waals surface area contributed by atoms with Crippen molar-refractivity contribution in [2.75, 3.05) is 11.5 Å². The number of halogens is 1. The highest BCUT2D eigenvalue weighted by molar-refractivity contribution is 14.1. The van der Waals surface area contributed by atoms with Crippen molar-refractivity contribution >= 4 is 22.6 Å². The van der Waals surface area contributed by atoms with E-state index in [4.69, 9.17) is 9.47 Å². The molecule has 0 heterocycles. The van der Waals surface area contributed by atoms with Crippen LogP contribution < -0.4 is 0 Å². The van der Waals surface area contributed by atoms with Gasteiger partial charge in [0, 0.05) is 7.11 Å². The molecular formula is C10H17IO2. The lowest BCUT2D eigenvalue weighted by molar-refractivity contribution is -0.148. The lowest BCUT2D eigenvalue weighted by Crippen LogP contribution is -2.32. The fourth-order valence-corrected chi connectivity index (χ4v) is 1.99. The molecule has 0 bridgehead atoms. The molecule has 13 heavy (non-hydrogen) atoms. The second kappa shape index (κ2) is 4.75. The van der Waals surface area contributed by atoms with Crippen molar-refractivity contribution in [3.63, 3.8) is 0 Å². The van der Waals surface area contributed by atoms with Gasteiger partial charge in [0.15, 0.2) is 6.29 Å². The summed E-state index contributed by atoms with van der Waals surface area (Å²) in [6.07, 6.45) is 5.54. The zero-order chi connectivity index (χ0) is 9.90. The first-order chi connectivity index (χ1) is 6.10. The molecule has 1 aliphatic carbocycles. The minimum absolute atomic E-state index is 0.0763. The lowest BCUT2D eigenvalue weighted by Gasteiger charge is -2.29. The Labute approximate surface area is 93.8 Å². The number of ether oxygens (including phenoxy) is 2. The molecule has 0 fully saturated rings. The Kier molecular flexibility index (Phi) is 4.19. The van der Waals surface area contributed by atoms with Crippen LogP contribution in [0.5, 0.6) is 0 Å². The van der Waals surface area contributed by atoms with Crippen LogP contribution in [0.3, 0.4) is 0 Å². The summed E-state index contributed by atoms with van der Waals surface area (Å²) >= 11 is 2.27. The van der Waals surface area contributed by atoms with Crippen LogP contribution in [0.25, 0.3) is 0 Å². The van der Waals surface area contributed by atoms with Gasteiger partial charge in [-0.15, -0.1) is 0 Å². The normalized spacial score (nSPS) is 27.8. The van der Waals surface area contributed by atoms with E-state index in [0.29, 0.717) is 0 Å². The first kappa shape index (κ1) is 11.5. The average molecular weight is 296 g/mol. The molecule has 0 aromatic heterocycles. The summed E-state index contributed by atoms with van der Waals surface area (Å²) in [4.78, 5) is 0. The van der Waals surface area contributed by atoms with Crippen LogP contribution in [0.1, 0.15) is 20.3 Å². The summed E-state index contributed by atoms with van der Waals surface area (Å²) in [6, 6.07) is 0. The fourth-order valence-electron chi connectivity index (χ4n) is 1.42. The zero-order valence-electron chi connectivity index (χ0n) is 8.42. The summed E-state index contributed by atoms with van der Waals surface area (Å²) in [6.45, 7) is 4.44. The quantitative estimate of drug-likeness (QED) is 0.344. The van der Waals surface area contributed by atoms with E-state index in [-0.39, 0.29) is 17.8 Å². The number of rotatable bonds is 4. The van der Waals surface area contributed by atoms with Gasteiger partial charge in [-0.3, -0.25) is 0 Å². The average Bonchev–Trinajstić information content (AvgIpc) is 2.41. The van der Waals surface area contributed by atoms with E-state index >= 15 is 0 Å². The van der Waals surface area contributed by atoms with Crippen molar-refractivity contribution in [3.05, 3.63) is 12.2 Å². The van der Waals surface area contributed by atoms with Gasteiger partial charge >= 0.3 is 0 Å². The smallest absolute Gasteiger partial charge is 0.166 e. The minimum Gasteiger partial charge on any atom is -0.355 e. The van der Waals surface area contributed by atoms with Crippen molar-refractivity contribution < 1.29 is 9.47 Å². The van der Waals surface area contributed by atoms with Crippen LogP contribution in [0.4, 0.5) is 0 Å². The van der Waals surface area contributed by atoms with Crippen molar-refractivity contribution in [2.24, 2.45) is 5.41 Å². The molecule has 0 spiro atoms. The minimum atomic E-state index is -0.0763. The SMILES string of the molecule is COC(CI)OC1C=CCC1(C)C. The Morgan fingerprint density at radius 3 is 2.69 bits per heavy atom. The third-order valence-corrected chi connectivity index (χ3v) is 3.13. The standard InChI is InChI=1S/C10H17IO2/c1-10(2)6-4-5-8(10)13-9(7-11)12-3/h4-5,8-9H,6-7H2,1-3H3. The summed E-state index contributed by atoms with van der Waals surface area (Å²) in [5.41, 5.74) is 0.225. The molecule has 1 rings (SSSR count). The second-order valence-electron chi connectivity index (χ2n) is 4.00. The number of allylic oxidation sites excluding steroid dienone is 1. The molecule has 2 atom stereocenters. The molecule has 0 amide bonds. The molecule has 0 saturated heterocycles. The topological polar surface area (TPSA) is 18.5 Å². The van der Waals surface area contributed by atoms with Crippen molar-refractivity contribution in [1.82, 2.24) is 0 Å². The van der Waals surface area contributed by atoms with E-state index in [1.165, 1.54) is 0 Å². The van der Waals surface area contributed by atoms with Gasteiger partial charge in [-0.2, -0.15) is 0 Å². The molecule has 0 aromatic carbocycles. The molecule has 0 N–H and O–H groups in total. The maximum Gasteiger partial charge on any atom is 0.166 e. The van der Waals surface area contributed by atoms with Crippen LogP contribution in [0.2, 0.25) is 0 Å². The van der Waals surface area contributed by atoms with Crippen LogP contribution in [0, 0.1) is 5.41 Å². The Balaban J connectivity index is 2.48. The molecule has 3 heteroatoms. The van der Waals surface area contributed by atoms with Crippen LogP contribution in [0.15, 0.2) is 12.2 Å². The predicted octanol–water partition coefficient (Wildman–Crippen LogP) is 2.77. The number of alkyl halides is 1. The van der Waals surface area contributed by atoms with Gasteiger partial charge in [0.1, 0.15) is 0 Å². The first-order valence-corrected chi connectivity index (χ1v) is 6.03. The monoisotopic (exact) mass is 296 g/mol. The number of hydrogen-bond acceptors (Lipinski definition) is 2. The molecule has 2 unspecified atom stereocenters. The summed E-state index contributed by atoms with van der Waals surface area (Å²) in [5.74, 6) is 0. The van der Waals surface area contributed by atoms with Crippen LogP contribution in [-0.4, -0.2) is 23.9 Å². The summed E-state index contributed by atoms with van der Waals surface area (Å²) < 4.78 is 11.9. The van der Waals surface area contributed by atoms with Gasteiger partial charge in [0.05, 0.1) is 10.5 Å². The Morgan fingerprint density at radius 2 is 2.31 bits per heavy atom. The van der Waals surface area contributed by atoms with Gasteiger partial charge in [0.2, 0.25) is 0 Å². The van der Waals surface area contributed by atoms with Crippen molar-refractivity contribution in [2.45, 2.75) is 32.7 Å². The van der Waals surface area contributed by atoms with Gasteiger partial charge < -0.3 is 9.47 Å². The molecule has 0 aromatic rings. The maximum atomic E-state index is 5.81. The highest BCUT2D eigenvalue weighted by atomic mass is 127. The van der Waals surface area contributed by atoms with Gasteiger partial charge in [0.25, 0.3) is 0 Å². The molecule has 0 radical (unpaired) electrons. The molecule has 0 saturated carbocycles. The van der Waals surface area contributed by atoms with Crippen LogP contribution >= 0.6 is 22.6 Å². The molecule has 76 valence electrons. The molecule has 2 nitrogen and oxygen atoms in total. The molecule has 1 aliphatic rings. The lowest BCUT2D eigenvalue weighted by atomic mass is 9.88. The maximum absolute atomic E-state index is 5.81. The van der Waals surface area contributed by atoms with Crippen molar-refractivity contribution in [1.29, 1.82) is 0 Å². The number of hydrogen-bond donors (Lipinski definition) is 0. The van der Waals surface area contributed by atoms with E-state index in [1.54, 1.807) is 7.11 Å². The fraction of sp³-hybridized carbons (Fsp3) is 0.800. The third kappa shape index (κ3) is 2.92. The van der Waals surface area contributed by atoms with E-state index in [9.17, 15) is 0 Å². The van der Waals surface area contributed by atoms with Gasteiger partial charge in [-0.05, 0) is 11.8 Å². The first-order valence-electron chi connectivity index (χ1n) is 4.51. The highest BCUT2D eigenvalue weighted by Gasteiger charge is 2.32. The Bertz CT molecular complexity index is 185. The Morgan fingerprint density at radius 1 is 1.62 bits per heavy atom. The number of methoxy groups -OCH3 is 1. The van der Waals surface area contributed by atoms with Gasteiger partial charge in [-0.1, -0.05) is 48.6 Å². The van der Waals surface area contributed by atoms with Crippen LogP contribution in [-0.2, 0) is 9.47 Å². The summed E-state index contributed by atoms with van der Waals surface area (Å²) in [5, 5.41) is 0. The summed E-state index contributed by atoms with van der Waals surface area (Å²) in [7, 11) is 1.69. The second-order valence-corrected chi connectivity index (χ2v) is 4.88. The van der Waals surface area contributed by atoms with Gasteiger partial charge in [-0.25, -0.2) is 0 Å². The zero-order valence-corrected chi connectivity index (χ0v) is 10.6. The predicted molar refractivity (Wildman–Crippen MR) is 62.1 cm³/mol. The van der Waals surface area contributed by atoms with E-state index in [0.717, 1.165) is 10.8 Å². The molecule has 0 aliphatic heterocycles. The van der Waals surface area contributed by atoms with E-state index < -0.39 is 0 Å². The van der Waals surface area contributed by atoms with E-state index in [2.05, 4.69) is 48.6 Å². The Hall–Kier alpha value is 0.390. The van der Waals surface area contributed by atoms with E-state index in [1.807, 2.05) is 0 Å². The molecular weight excluding hydrogens is 279 g/mol. The van der Waals surface area contributed by atoms with Crippen molar-refractivity contribution in [3.8, 4) is 0 Å². The third-order valence-electron chi connectivity index (χ3n) is 2.41.